The summed E-state index contributed by atoms with van der Waals surface area (Å²) in [6, 6.07) is 14.4. The molecular formula is C44H55N5O9S. The Balaban J connectivity index is 1.35. The highest BCUT2D eigenvalue weighted by Gasteiger charge is 2.64. The van der Waals surface area contributed by atoms with Crippen LogP contribution in [0.2, 0.25) is 0 Å². The first-order valence-corrected chi connectivity index (χ1v) is 21.2. The van der Waals surface area contributed by atoms with Crippen LogP contribution in [0.5, 0.6) is 11.5 Å². The number of ether oxygens (including phenoxy) is 3. The minimum atomic E-state index is -4.18. The highest BCUT2D eigenvalue weighted by Crippen LogP contribution is 2.50. The van der Waals surface area contributed by atoms with Gasteiger partial charge in [0.2, 0.25) is 21.8 Å². The van der Waals surface area contributed by atoms with Crippen LogP contribution >= 0.6 is 0 Å². The Labute approximate surface area is 346 Å². The van der Waals surface area contributed by atoms with E-state index in [0.29, 0.717) is 46.5 Å². The molecule has 2 heterocycles. The SMILES string of the molecule is C=C[C@@H]1C[C@]1(NC(=O)[C@@H]1C[C@@H](Oc2cc(-c3ccccc3)nc3cc(OC)ccc23)CN1C(=O)[C@@H](NC(=O)OC(C)(C)C)C(C)(C)C)C(=O)NS(=O)(=O)C1(C(=C)C)CC1. The molecule has 2 aliphatic carbocycles. The van der Waals surface area contributed by atoms with E-state index in [2.05, 4.69) is 28.5 Å². The van der Waals surface area contributed by atoms with Crippen LogP contribution in [-0.4, -0.2) is 89.8 Å². The molecule has 3 fully saturated rings. The third kappa shape index (κ3) is 8.80. The van der Waals surface area contributed by atoms with Crippen LogP contribution in [0.1, 0.15) is 74.1 Å². The van der Waals surface area contributed by atoms with E-state index in [0.717, 1.165) is 5.56 Å². The molecule has 316 valence electrons. The van der Waals surface area contributed by atoms with Crippen molar-refractivity contribution in [3.8, 4) is 22.8 Å². The van der Waals surface area contributed by atoms with Crippen LogP contribution < -0.4 is 24.8 Å². The number of fused-ring (bicyclic) bond motifs is 1. The predicted octanol–water partition coefficient (Wildman–Crippen LogP) is 5.81. The molecule has 0 bridgehead atoms. The second-order valence-corrected chi connectivity index (χ2v) is 19.9. The number of likely N-dealkylation sites (tertiary alicyclic amines) is 1. The van der Waals surface area contributed by atoms with Gasteiger partial charge in [-0.1, -0.05) is 69.3 Å². The van der Waals surface area contributed by atoms with Crippen molar-refractivity contribution in [1.82, 2.24) is 25.2 Å². The summed E-state index contributed by atoms with van der Waals surface area (Å²) < 4.78 is 45.6. The van der Waals surface area contributed by atoms with Crippen LogP contribution in [0.25, 0.3) is 22.2 Å². The van der Waals surface area contributed by atoms with E-state index in [1.807, 2.05) is 42.5 Å². The zero-order valence-electron chi connectivity index (χ0n) is 35.0. The number of rotatable bonds is 13. The number of pyridine rings is 1. The average molecular weight is 830 g/mol. The highest BCUT2D eigenvalue weighted by molar-refractivity contribution is 7.92. The Kier molecular flexibility index (Phi) is 11.4. The molecule has 1 aliphatic heterocycles. The molecule has 15 heteroatoms. The summed E-state index contributed by atoms with van der Waals surface area (Å²) in [6.45, 7) is 19.7. The lowest BCUT2D eigenvalue weighted by molar-refractivity contribution is -0.143. The van der Waals surface area contributed by atoms with E-state index in [9.17, 15) is 27.6 Å². The number of aromatic nitrogens is 1. The Bertz CT molecular complexity index is 2300. The molecule has 59 heavy (non-hydrogen) atoms. The van der Waals surface area contributed by atoms with Gasteiger partial charge in [0.1, 0.15) is 45.6 Å². The first-order chi connectivity index (χ1) is 27.5. The molecule has 0 radical (unpaired) electrons. The molecular weight excluding hydrogens is 775 g/mol. The normalized spacial score (nSPS) is 22.7. The number of alkyl carbamates (subject to hydrolysis) is 1. The maximum Gasteiger partial charge on any atom is 0.408 e. The van der Waals surface area contributed by atoms with Crippen LogP contribution in [-0.2, 0) is 29.1 Å². The van der Waals surface area contributed by atoms with Crippen molar-refractivity contribution in [1.29, 1.82) is 0 Å². The van der Waals surface area contributed by atoms with Gasteiger partial charge in [0.05, 0.1) is 24.9 Å². The summed E-state index contributed by atoms with van der Waals surface area (Å²) >= 11 is 0. The number of methoxy groups -OCH3 is 1. The molecule has 1 aromatic heterocycles. The highest BCUT2D eigenvalue weighted by atomic mass is 32.2. The van der Waals surface area contributed by atoms with Crippen molar-refractivity contribution in [3.05, 3.63) is 79.4 Å². The standard InChI is InChI=1S/C44H55N5O9S/c1-11-28-24-44(28,39(52)48-59(54,55)43(19-20-43)26(2)3)47-37(50)34-22-30(25-49(34)38(51)36(41(4,5)6)46-40(53)58-42(7,8)9)57-35-23-32(27-15-13-12-14-16-27)45-33-21-29(56-10)17-18-31(33)35/h11-18,21,23,28,30,34,36H,1-2,19-20,22,24-25H2,3-10H3,(H,46,53)(H,47,50)(H,48,52)/t28-,30-,34+,36-,44-/m1/s1. The number of benzene rings is 2. The number of hydrogen-bond donors (Lipinski definition) is 3. The number of sulfonamides is 1. The van der Waals surface area contributed by atoms with Gasteiger partial charge >= 0.3 is 6.09 Å². The second kappa shape index (κ2) is 15.6. The van der Waals surface area contributed by atoms with Gasteiger partial charge in [-0.05, 0) is 64.5 Å². The first kappa shape index (κ1) is 43.1. The number of hydrogen-bond acceptors (Lipinski definition) is 10. The molecule has 2 aromatic carbocycles. The van der Waals surface area contributed by atoms with E-state index >= 15 is 0 Å². The topological polar surface area (TPSA) is 182 Å². The van der Waals surface area contributed by atoms with Gasteiger partial charge in [-0.2, -0.15) is 0 Å². The second-order valence-electron chi connectivity index (χ2n) is 17.9. The van der Waals surface area contributed by atoms with Gasteiger partial charge < -0.3 is 29.7 Å². The van der Waals surface area contributed by atoms with E-state index in [1.165, 1.54) is 11.0 Å². The van der Waals surface area contributed by atoms with Crippen molar-refractivity contribution in [2.75, 3.05) is 13.7 Å². The lowest BCUT2D eigenvalue weighted by Crippen LogP contribution is -2.60. The zero-order chi connectivity index (χ0) is 43.3. The molecule has 6 rings (SSSR count). The number of nitrogens with one attached hydrogen (secondary N) is 3. The predicted molar refractivity (Wildman–Crippen MR) is 224 cm³/mol. The van der Waals surface area contributed by atoms with Crippen LogP contribution in [0.3, 0.4) is 0 Å². The lowest BCUT2D eigenvalue weighted by atomic mass is 9.85. The minimum absolute atomic E-state index is 0.00492. The maximum absolute atomic E-state index is 14.7. The smallest absolute Gasteiger partial charge is 0.408 e. The van der Waals surface area contributed by atoms with Crippen molar-refractivity contribution in [2.24, 2.45) is 11.3 Å². The van der Waals surface area contributed by atoms with Crippen molar-refractivity contribution in [3.63, 3.8) is 0 Å². The molecule has 2 saturated carbocycles. The zero-order valence-corrected chi connectivity index (χ0v) is 35.8. The molecule has 14 nitrogen and oxygen atoms in total. The fourth-order valence-electron chi connectivity index (χ4n) is 7.64. The summed E-state index contributed by atoms with van der Waals surface area (Å²) in [5.41, 5.74) is -0.841. The van der Waals surface area contributed by atoms with Gasteiger partial charge in [0.25, 0.3) is 5.91 Å². The lowest BCUT2D eigenvalue weighted by Gasteiger charge is -2.36. The van der Waals surface area contributed by atoms with Crippen LogP contribution in [0.4, 0.5) is 4.79 Å². The number of amides is 4. The molecule has 3 aromatic rings. The van der Waals surface area contributed by atoms with E-state index in [-0.39, 0.29) is 19.4 Å². The van der Waals surface area contributed by atoms with Crippen molar-refractivity contribution in [2.45, 2.75) is 108 Å². The quantitative estimate of drug-likeness (QED) is 0.178. The van der Waals surface area contributed by atoms with E-state index in [1.54, 1.807) is 67.7 Å². The fraction of sp³-hybridized carbons (Fsp3) is 0.477. The van der Waals surface area contributed by atoms with Gasteiger partial charge in [-0.3, -0.25) is 19.1 Å². The number of carbonyl (C=O) groups excluding carboxylic acids is 4. The maximum atomic E-state index is 14.7. The third-order valence-electron chi connectivity index (χ3n) is 11.2. The Morgan fingerprint density at radius 1 is 1.02 bits per heavy atom. The Hall–Kier alpha value is -5.44. The van der Waals surface area contributed by atoms with Gasteiger partial charge in [-0.25, -0.2) is 18.2 Å². The molecule has 3 aliphatic rings. The van der Waals surface area contributed by atoms with Gasteiger partial charge in [-0.15, -0.1) is 6.58 Å². The Morgan fingerprint density at radius 3 is 2.25 bits per heavy atom. The monoisotopic (exact) mass is 829 g/mol. The van der Waals surface area contributed by atoms with Crippen molar-refractivity contribution >= 4 is 44.7 Å². The molecule has 1 saturated heterocycles. The van der Waals surface area contributed by atoms with Crippen LogP contribution in [0.15, 0.2) is 79.4 Å². The van der Waals surface area contributed by atoms with Crippen LogP contribution in [0, 0.1) is 11.3 Å². The van der Waals surface area contributed by atoms with Crippen molar-refractivity contribution < 1.29 is 41.8 Å². The summed E-state index contributed by atoms with van der Waals surface area (Å²) in [7, 11) is -2.61. The van der Waals surface area contributed by atoms with Gasteiger partial charge in [0, 0.05) is 35.4 Å². The number of nitrogens with zero attached hydrogens (tertiary/aromatic N) is 2. The summed E-state index contributed by atoms with van der Waals surface area (Å²) in [4.78, 5) is 62.6. The summed E-state index contributed by atoms with van der Waals surface area (Å²) in [5.74, 6) is -1.68. The summed E-state index contributed by atoms with van der Waals surface area (Å²) in [6.07, 6.45) is 0.690. The molecule has 4 amide bonds. The number of carbonyl (C=O) groups is 4. The molecule has 3 N–H and O–H groups in total. The minimum Gasteiger partial charge on any atom is -0.497 e. The van der Waals surface area contributed by atoms with Gasteiger partial charge in [0.15, 0.2) is 0 Å². The molecule has 0 unspecified atom stereocenters. The van der Waals surface area contributed by atoms with E-state index in [4.69, 9.17) is 19.2 Å². The fourth-order valence-corrected chi connectivity index (χ4v) is 9.36. The Morgan fingerprint density at radius 2 is 1.69 bits per heavy atom. The molecule has 5 atom stereocenters. The first-order valence-electron chi connectivity index (χ1n) is 19.7. The summed E-state index contributed by atoms with van der Waals surface area (Å²) in [5, 5.41) is 6.23. The average Bonchev–Trinajstić information content (AvgIpc) is 4.07. The third-order valence-corrected chi connectivity index (χ3v) is 13.5. The largest absolute Gasteiger partial charge is 0.497 e. The van der Waals surface area contributed by atoms with E-state index < -0.39 is 79.2 Å². The molecule has 0 spiro atoms.